The van der Waals surface area contributed by atoms with Gasteiger partial charge >= 0.3 is 5.97 Å². The zero-order chi connectivity index (χ0) is 21.6. The minimum Gasteiger partial charge on any atom is -0.477 e. The summed E-state index contributed by atoms with van der Waals surface area (Å²) in [7, 11) is 0. The summed E-state index contributed by atoms with van der Waals surface area (Å²) >= 11 is 6.66. The Bertz CT molecular complexity index is 1050. The van der Waals surface area contributed by atoms with Crippen LogP contribution in [0, 0.1) is 0 Å². The Hall–Kier alpha value is -2.13. The fraction of sp³-hybridized carbons (Fsp3) is 0.524. The average molecular weight is 436 g/mol. The first-order valence-corrected chi connectivity index (χ1v) is 10.6. The van der Waals surface area contributed by atoms with Gasteiger partial charge in [-0.1, -0.05) is 11.6 Å². The first-order chi connectivity index (χ1) is 14.3. The summed E-state index contributed by atoms with van der Waals surface area (Å²) in [6.07, 6.45) is 2.32. The van der Waals surface area contributed by atoms with Gasteiger partial charge in [-0.15, -0.1) is 0 Å². The highest BCUT2D eigenvalue weighted by Crippen LogP contribution is 2.41. The van der Waals surface area contributed by atoms with Crippen LogP contribution in [0.1, 0.15) is 35.3 Å². The number of β-amino-alcohol motifs (C(OH)–C–C–N with tert-alkyl or cyclic N) is 1. The summed E-state index contributed by atoms with van der Waals surface area (Å²) < 4.78 is 1.91. The van der Waals surface area contributed by atoms with Crippen LogP contribution in [0.25, 0.3) is 10.9 Å². The number of hydrogen-bond acceptors (Lipinski definition) is 6. The second-order valence-corrected chi connectivity index (χ2v) is 8.58. The maximum atomic E-state index is 12.8. The van der Waals surface area contributed by atoms with Crippen molar-refractivity contribution in [3.05, 3.63) is 38.6 Å². The standard InChI is InChI=1S/C21H26ClN3O5/c1-12-2-3-14-18-15(20(28)16(21(29)30)10-25(12)18)8-17(22)19(14)24-6-4-23(5-7-24)9-13(27)11-26/h8,10,12-13,26-27H,2-7,9,11H2,1H3,(H,29,30). The molecule has 0 radical (unpaired) electrons. The Kier molecular flexibility index (Phi) is 5.76. The zero-order valence-electron chi connectivity index (χ0n) is 16.8. The van der Waals surface area contributed by atoms with E-state index in [0.717, 1.165) is 42.7 Å². The Morgan fingerprint density at radius 3 is 2.63 bits per heavy atom. The molecule has 2 unspecified atom stereocenters. The lowest BCUT2D eigenvalue weighted by Gasteiger charge is -2.39. The zero-order valence-corrected chi connectivity index (χ0v) is 17.6. The maximum Gasteiger partial charge on any atom is 0.341 e. The Balaban J connectivity index is 1.77. The number of aryl methyl sites for hydroxylation is 1. The van der Waals surface area contributed by atoms with Crippen molar-refractivity contribution in [1.82, 2.24) is 9.47 Å². The molecule has 162 valence electrons. The van der Waals surface area contributed by atoms with Crippen molar-refractivity contribution in [3.8, 4) is 0 Å². The van der Waals surface area contributed by atoms with Crippen LogP contribution in [-0.2, 0) is 6.42 Å². The molecular weight excluding hydrogens is 410 g/mol. The number of anilines is 1. The number of hydrogen-bond donors (Lipinski definition) is 3. The van der Waals surface area contributed by atoms with Crippen molar-refractivity contribution in [1.29, 1.82) is 0 Å². The van der Waals surface area contributed by atoms with Gasteiger partial charge in [0.2, 0.25) is 5.43 Å². The Morgan fingerprint density at radius 1 is 1.30 bits per heavy atom. The SMILES string of the molecule is CC1CCc2c(N3CCN(CC(O)CO)CC3)c(Cl)cc3c(=O)c(C(=O)O)cn1c23. The van der Waals surface area contributed by atoms with Crippen molar-refractivity contribution >= 4 is 34.2 Å². The van der Waals surface area contributed by atoms with E-state index >= 15 is 0 Å². The predicted octanol–water partition coefficient (Wildman–Crippen LogP) is 1.34. The van der Waals surface area contributed by atoms with Crippen LogP contribution in [0.3, 0.4) is 0 Å². The minimum atomic E-state index is -1.23. The van der Waals surface area contributed by atoms with Crippen molar-refractivity contribution in [2.24, 2.45) is 0 Å². The number of aliphatic hydroxyl groups excluding tert-OH is 2. The molecule has 1 saturated heterocycles. The average Bonchev–Trinajstić information content (AvgIpc) is 2.72. The van der Waals surface area contributed by atoms with E-state index in [-0.39, 0.29) is 18.2 Å². The maximum absolute atomic E-state index is 12.8. The summed E-state index contributed by atoms with van der Waals surface area (Å²) in [4.78, 5) is 28.7. The molecular formula is C21H26ClN3O5. The molecule has 0 amide bonds. The fourth-order valence-corrected chi connectivity index (χ4v) is 4.98. The molecule has 8 nitrogen and oxygen atoms in total. The van der Waals surface area contributed by atoms with E-state index in [9.17, 15) is 19.8 Å². The number of rotatable bonds is 5. The third kappa shape index (κ3) is 3.58. The lowest BCUT2D eigenvalue weighted by atomic mass is 9.93. The number of aromatic nitrogens is 1. The topological polar surface area (TPSA) is 106 Å². The minimum absolute atomic E-state index is 0.0875. The number of carboxylic acids is 1. The highest BCUT2D eigenvalue weighted by atomic mass is 35.5. The number of carbonyl (C=O) groups is 1. The summed E-state index contributed by atoms with van der Waals surface area (Å²) in [5.41, 5.74) is 1.95. The van der Waals surface area contributed by atoms with Gasteiger partial charge in [-0.2, -0.15) is 0 Å². The fourth-order valence-electron chi connectivity index (χ4n) is 4.64. The van der Waals surface area contributed by atoms with Crippen molar-refractivity contribution < 1.29 is 20.1 Å². The number of aromatic carboxylic acids is 1. The summed E-state index contributed by atoms with van der Waals surface area (Å²) in [6.45, 7) is 5.08. The monoisotopic (exact) mass is 435 g/mol. The summed E-state index contributed by atoms with van der Waals surface area (Å²) in [6, 6.07) is 1.70. The number of halogens is 1. The molecule has 2 aliphatic rings. The van der Waals surface area contributed by atoms with Crippen molar-refractivity contribution in [2.45, 2.75) is 31.9 Å². The molecule has 0 bridgehead atoms. The second kappa shape index (κ2) is 8.19. The van der Waals surface area contributed by atoms with Crippen LogP contribution in [-0.4, -0.2) is 76.2 Å². The number of pyridine rings is 1. The number of benzene rings is 1. The Labute approximate surface area is 178 Å². The number of aliphatic hydroxyl groups is 2. The molecule has 2 atom stereocenters. The lowest BCUT2D eigenvalue weighted by molar-refractivity contribution is 0.0575. The van der Waals surface area contributed by atoms with E-state index in [1.54, 1.807) is 6.07 Å². The summed E-state index contributed by atoms with van der Waals surface area (Å²) in [5, 5.41) is 29.0. The summed E-state index contributed by atoms with van der Waals surface area (Å²) in [5.74, 6) is -1.23. The van der Waals surface area contributed by atoms with Gasteiger partial charge in [-0.05, 0) is 25.8 Å². The van der Waals surface area contributed by atoms with E-state index in [0.29, 0.717) is 30.0 Å². The molecule has 0 spiro atoms. The molecule has 2 aromatic rings. The quantitative estimate of drug-likeness (QED) is 0.650. The normalized spacial score (nSPS) is 20.5. The molecule has 4 rings (SSSR count). The van der Waals surface area contributed by atoms with Gasteiger partial charge in [0.05, 0.1) is 28.9 Å². The molecule has 9 heteroatoms. The molecule has 1 aromatic heterocycles. The molecule has 1 fully saturated rings. The van der Waals surface area contributed by atoms with E-state index in [1.807, 2.05) is 11.5 Å². The third-order valence-electron chi connectivity index (χ3n) is 6.23. The van der Waals surface area contributed by atoms with Gasteiger partial charge < -0.3 is 24.8 Å². The van der Waals surface area contributed by atoms with Crippen molar-refractivity contribution in [3.63, 3.8) is 0 Å². The molecule has 3 heterocycles. The van der Waals surface area contributed by atoms with E-state index in [4.69, 9.17) is 16.7 Å². The predicted molar refractivity (Wildman–Crippen MR) is 115 cm³/mol. The molecule has 0 saturated carbocycles. The number of nitrogens with zero attached hydrogens (tertiary/aromatic N) is 3. The first kappa shape index (κ1) is 21.1. The first-order valence-electron chi connectivity index (χ1n) is 10.2. The van der Waals surface area contributed by atoms with Crippen molar-refractivity contribution in [2.75, 3.05) is 44.2 Å². The smallest absolute Gasteiger partial charge is 0.341 e. The number of piperazine rings is 1. The molecule has 3 N–H and O–H groups in total. The number of carboxylic acid groups (broad SMARTS) is 1. The largest absolute Gasteiger partial charge is 0.477 e. The van der Waals surface area contributed by atoms with Gasteiger partial charge in [0.25, 0.3) is 0 Å². The van der Waals surface area contributed by atoms with Gasteiger partial charge in [0, 0.05) is 55.9 Å². The Morgan fingerprint density at radius 2 is 2.00 bits per heavy atom. The van der Waals surface area contributed by atoms with E-state index in [2.05, 4.69) is 9.80 Å². The second-order valence-electron chi connectivity index (χ2n) is 8.18. The molecule has 2 aliphatic heterocycles. The van der Waals surface area contributed by atoms with Crippen LogP contribution in [0.5, 0.6) is 0 Å². The van der Waals surface area contributed by atoms with Crippen LogP contribution in [0.2, 0.25) is 5.02 Å². The lowest BCUT2D eigenvalue weighted by Crippen LogP contribution is -2.49. The molecule has 30 heavy (non-hydrogen) atoms. The van der Waals surface area contributed by atoms with Gasteiger partial charge in [-0.25, -0.2) is 4.79 Å². The van der Waals surface area contributed by atoms with Gasteiger partial charge in [0.15, 0.2) is 0 Å². The van der Waals surface area contributed by atoms with Crippen LogP contribution >= 0.6 is 11.6 Å². The molecule has 1 aromatic carbocycles. The van der Waals surface area contributed by atoms with E-state index < -0.39 is 17.5 Å². The third-order valence-corrected chi connectivity index (χ3v) is 6.51. The van der Waals surface area contributed by atoms with Gasteiger partial charge in [0.1, 0.15) is 5.56 Å². The highest BCUT2D eigenvalue weighted by Gasteiger charge is 2.29. The van der Waals surface area contributed by atoms with Gasteiger partial charge in [-0.3, -0.25) is 9.69 Å². The van der Waals surface area contributed by atoms with Crippen LogP contribution in [0.4, 0.5) is 5.69 Å². The van der Waals surface area contributed by atoms with E-state index in [1.165, 1.54) is 6.20 Å². The highest BCUT2D eigenvalue weighted by molar-refractivity contribution is 6.34. The molecule has 0 aliphatic carbocycles. The van der Waals surface area contributed by atoms with Crippen LogP contribution < -0.4 is 10.3 Å². The van der Waals surface area contributed by atoms with Crippen LogP contribution in [0.15, 0.2) is 17.1 Å².